The minimum atomic E-state index is -4.20. The Hall–Kier alpha value is -4.49. The van der Waals surface area contributed by atoms with Gasteiger partial charge in [-0.3, -0.25) is 14.9 Å². The van der Waals surface area contributed by atoms with Crippen LogP contribution >= 0.6 is 0 Å². The molecule has 1 amide bonds. The van der Waals surface area contributed by atoms with Crippen molar-refractivity contribution in [3.8, 4) is 11.8 Å². The SMILES string of the molecule is Cc1cccc(NC(=O)/C(C#N)=C/c2ccc(OS(=O)(=O)c3ccc([N+](=O)[O-])cc3)cc2)c1. The topological polar surface area (TPSA) is 139 Å². The zero-order valence-electron chi connectivity index (χ0n) is 17.3. The molecule has 0 aliphatic rings. The summed E-state index contributed by atoms with van der Waals surface area (Å²) in [5.41, 5.74) is 1.61. The van der Waals surface area contributed by atoms with E-state index in [9.17, 15) is 28.6 Å². The Morgan fingerprint density at radius 1 is 1.09 bits per heavy atom. The third-order valence-corrected chi connectivity index (χ3v) is 5.64. The Labute approximate surface area is 189 Å². The van der Waals surface area contributed by atoms with E-state index in [4.69, 9.17) is 4.18 Å². The van der Waals surface area contributed by atoms with Gasteiger partial charge in [0.15, 0.2) is 0 Å². The third-order valence-electron chi connectivity index (χ3n) is 4.37. The lowest BCUT2D eigenvalue weighted by molar-refractivity contribution is -0.384. The minimum absolute atomic E-state index is 0.00628. The van der Waals surface area contributed by atoms with Crippen molar-refractivity contribution in [2.75, 3.05) is 5.32 Å². The van der Waals surface area contributed by atoms with Crippen LogP contribution in [0, 0.1) is 28.4 Å². The van der Waals surface area contributed by atoms with E-state index in [-0.39, 0.29) is 21.9 Å². The average Bonchev–Trinajstić information content (AvgIpc) is 2.78. The lowest BCUT2D eigenvalue weighted by atomic mass is 10.1. The molecule has 3 rings (SSSR count). The summed E-state index contributed by atoms with van der Waals surface area (Å²) in [5.74, 6) is -0.586. The van der Waals surface area contributed by atoms with Gasteiger partial charge in [0.2, 0.25) is 0 Å². The number of carbonyl (C=O) groups excluding carboxylic acids is 1. The van der Waals surface area contributed by atoms with Crippen LogP contribution in [0.4, 0.5) is 11.4 Å². The van der Waals surface area contributed by atoms with Crippen LogP contribution in [0.25, 0.3) is 6.08 Å². The Kier molecular flexibility index (Phi) is 6.85. The zero-order valence-corrected chi connectivity index (χ0v) is 18.1. The van der Waals surface area contributed by atoms with Crippen LogP contribution in [0.1, 0.15) is 11.1 Å². The highest BCUT2D eigenvalue weighted by atomic mass is 32.2. The van der Waals surface area contributed by atoms with Crippen molar-refractivity contribution in [2.45, 2.75) is 11.8 Å². The van der Waals surface area contributed by atoms with Gasteiger partial charge in [-0.1, -0.05) is 24.3 Å². The summed E-state index contributed by atoms with van der Waals surface area (Å²) in [6, 6.07) is 19.0. The van der Waals surface area contributed by atoms with Gasteiger partial charge in [0, 0.05) is 17.8 Å². The summed E-state index contributed by atoms with van der Waals surface area (Å²) in [6.07, 6.45) is 1.36. The van der Waals surface area contributed by atoms with E-state index in [1.165, 1.54) is 30.3 Å². The highest BCUT2D eigenvalue weighted by Crippen LogP contribution is 2.22. The molecule has 0 spiro atoms. The molecule has 1 N–H and O–H groups in total. The highest BCUT2D eigenvalue weighted by Gasteiger charge is 2.18. The second kappa shape index (κ2) is 9.76. The van der Waals surface area contributed by atoms with Gasteiger partial charge in [-0.05, 0) is 60.5 Å². The number of carbonyl (C=O) groups is 1. The number of amides is 1. The quantitative estimate of drug-likeness (QED) is 0.182. The fraction of sp³-hybridized carbons (Fsp3) is 0.0435. The molecule has 0 aromatic heterocycles. The summed E-state index contributed by atoms with van der Waals surface area (Å²) in [7, 11) is -4.20. The summed E-state index contributed by atoms with van der Waals surface area (Å²) in [4.78, 5) is 22.2. The van der Waals surface area contributed by atoms with Crippen molar-refractivity contribution in [3.05, 3.63) is 99.6 Å². The maximum Gasteiger partial charge on any atom is 0.339 e. The van der Waals surface area contributed by atoms with Gasteiger partial charge in [-0.25, -0.2) is 0 Å². The van der Waals surface area contributed by atoms with E-state index in [1.807, 2.05) is 19.1 Å². The molecule has 0 radical (unpaired) electrons. The number of benzene rings is 3. The largest absolute Gasteiger partial charge is 0.379 e. The summed E-state index contributed by atoms with van der Waals surface area (Å²) >= 11 is 0. The van der Waals surface area contributed by atoms with Crippen LogP contribution in [-0.2, 0) is 14.9 Å². The molecule has 3 aromatic rings. The Morgan fingerprint density at radius 2 is 1.76 bits per heavy atom. The zero-order chi connectivity index (χ0) is 24.0. The van der Waals surface area contributed by atoms with Crippen LogP contribution in [-0.4, -0.2) is 19.2 Å². The smallest absolute Gasteiger partial charge is 0.339 e. The predicted octanol–water partition coefficient (Wildman–Crippen LogP) is 4.22. The van der Waals surface area contributed by atoms with E-state index in [0.717, 1.165) is 29.8 Å². The van der Waals surface area contributed by atoms with Gasteiger partial charge in [0.1, 0.15) is 22.3 Å². The van der Waals surface area contributed by atoms with E-state index < -0.39 is 20.9 Å². The number of nitrogens with one attached hydrogen (secondary N) is 1. The monoisotopic (exact) mass is 463 g/mol. The first kappa shape index (κ1) is 23.2. The molecule has 0 bridgehead atoms. The van der Waals surface area contributed by atoms with Crippen molar-refractivity contribution in [1.82, 2.24) is 0 Å². The summed E-state index contributed by atoms with van der Waals surface area (Å²) in [5, 5.41) is 22.7. The number of hydrogen-bond donors (Lipinski definition) is 1. The number of non-ortho nitro benzene ring substituents is 1. The second-order valence-corrected chi connectivity index (χ2v) is 8.40. The number of rotatable bonds is 7. The van der Waals surface area contributed by atoms with Crippen molar-refractivity contribution in [1.29, 1.82) is 5.26 Å². The fourth-order valence-corrected chi connectivity index (χ4v) is 3.70. The van der Waals surface area contributed by atoms with E-state index in [1.54, 1.807) is 18.2 Å². The molecule has 0 unspecified atom stereocenters. The number of aryl methyl sites for hydroxylation is 1. The van der Waals surface area contributed by atoms with Gasteiger partial charge >= 0.3 is 10.1 Å². The van der Waals surface area contributed by atoms with E-state index >= 15 is 0 Å². The Balaban J connectivity index is 1.73. The third kappa shape index (κ3) is 6.03. The fourth-order valence-electron chi connectivity index (χ4n) is 2.77. The van der Waals surface area contributed by atoms with Crippen LogP contribution in [0.15, 0.2) is 83.3 Å². The Morgan fingerprint density at radius 3 is 2.33 bits per heavy atom. The van der Waals surface area contributed by atoms with Crippen LogP contribution in [0.5, 0.6) is 5.75 Å². The maximum absolute atomic E-state index is 12.4. The average molecular weight is 463 g/mol. The molecule has 0 heterocycles. The molecule has 0 aliphatic heterocycles. The van der Waals surface area contributed by atoms with E-state index in [0.29, 0.717) is 11.3 Å². The first-order valence-electron chi connectivity index (χ1n) is 9.47. The molecular weight excluding hydrogens is 446 g/mol. The molecular formula is C23H17N3O6S. The lowest BCUT2D eigenvalue weighted by Gasteiger charge is -2.07. The van der Waals surface area contributed by atoms with Crippen molar-refractivity contribution < 1.29 is 22.3 Å². The van der Waals surface area contributed by atoms with Gasteiger partial charge < -0.3 is 9.50 Å². The molecule has 0 fully saturated rings. The first-order chi connectivity index (χ1) is 15.7. The first-order valence-corrected chi connectivity index (χ1v) is 10.9. The van der Waals surface area contributed by atoms with Gasteiger partial charge in [-0.2, -0.15) is 13.7 Å². The normalized spacial score (nSPS) is 11.3. The summed E-state index contributed by atoms with van der Waals surface area (Å²) in [6.45, 7) is 1.88. The highest BCUT2D eigenvalue weighted by molar-refractivity contribution is 7.87. The Bertz CT molecular complexity index is 1370. The minimum Gasteiger partial charge on any atom is -0.379 e. The number of hydrogen-bond acceptors (Lipinski definition) is 7. The maximum atomic E-state index is 12.4. The van der Waals surface area contributed by atoms with Crippen LogP contribution in [0.2, 0.25) is 0 Å². The number of nitro benzene ring substituents is 1. The van der Waals surface area contributed by atoms with Crippen molar-refractivity contribution >= 4 is 33.5 Å². The number of nitrogens with zero attached hydrogens (tertiary/aromatic N) is 2. The summed E-state index contributed by atoms with van der Waals surface area (Å²) < 4.78 is 29.8. The number of anilines is 1. The van der Waals surface area contributed by atoms with Crippen LogP contribution < -0.4 is 9.50 Å². The van der Waals surface area contributed by atoms with E-state index in [2.05, 4.69) is 5.32 Å². The van der Waals surface area contributed by atoms with Gasteiger partial charge in [-0.15, -0.1) is 0 Å². The second-order valence-electron chi connectivity index (χ2n) is 6.85. The van der Waals surface area contributed by atoms with Gasteiger partial charge in [0.25, 0.3) is 11.6 Å². The molecule has 9 nitrogen and oxygen atoms in total. The molecule has 3 aromatic carbocycles. The molecule has 10 heteroatoms. The number of nitro groups is 1. The van der Waals surface area contributed by atoms with Crippen molar-refractivity contribution in [3.63, 3.8) is 0 Å². The molecule has 0 atom stereocenters. The number of nitriles is 1. The molecule has 0 saturated heterocycles. The van der Waals surface area contributed by atoms with Gasteiger partial charge in [0.05, 0.1) is 4.92 Å². The van der Waals surface area contributed by atoms with Crippen molar-refractivity contribution in [2.24, 2.45) is 0 Å². The molecule has 0 saturated carbocycles. The molecule has 33 heavy (non-hydrogen) atoms. The van der Waals surface area contributed by atoms with Crippen LogP contribution in [0.3, 0.4) is 0 Å². The lowest BCUT2D eigenvalue weighted by Crippen LogP contribution is -2.13. The predicted molar refractivity (Wildman–Crippen MR) is 121 cm³/mol. The standard InChI is InChI=1S/C23H17N3O6S/c1-16-3-2-4-19(13-16)25-23(27)18(15-24)14-17-5-9-21(10-6-17)32-33(30,31)22-11-7-20(8-12-22)26(28)29/h2-14H,1H3,(H,25,27)/b18-14+. The molecule has 0 aliphatic carbocycles. The molecule has 166 valence electrons.